The van der Waals surface area contributed by atoms with E-state index in [-0.39, 0.29) is 23.4 Å². The molecule has 0 spiro atoms. The van der Waals surface area contributed by atoms with E-state index in [9.17, 15) is 19.7 Å². The van der Waals surface area contributed by atoms with E-state index in [1.807, 2.05) is 6.92 Å². The number of benzene rings is 1. The molecule has 8 nitrogen and oxygen atoms in total. The monoisotopic (exact) mass is 347 g/mol. The number of nitro benzene ring substituents is 1. The van der Waals surface area contributed by atoms with E-state index in [1.165, 1.54) is 30.1 Å². The van der Waals surface area contributed by atoms with E-state index in [0.29, 0.717) is 5.70 Å². The van der Waals surface area contributed by atoms with Crippen molar-refractivity contribution in [2.75, 3.05) is 13.7 Å². The summed E-state index contributed by atoms with van der Waals surface area (Å²) in [6.45, 7) is 3.85. The third-order valence-corrected chi connectivity index (χ3v) is 4.15. The number of carbonyl (C=O) groups is 2. The van der Waals surface area contributed by atoms with Gasteiger partial charge in [-0.05, 0) is 19.4 Å². The van der Waals surface area contributed by atoms with E-state index in [4.69, 9.17) is 4.74 Å². The fourth-order valence-electron chi connectivity index (χ4n) is 2.62. The summed E-state index contributed by atoms with van der Waals surface area (Å²) in [5.41, 5.74) is 0.695. The number of nitrogens with zero attached hydrogens (tertiary/aromatic N) is 2. The summed E-state index contributed by atoms with van der Waals surface area (Å²) in [5, 5.41) is 14.0. The van der Waals surface area contributed by atoms with Crippen LogP contribution in [0.1, 0.15) is 38.3 Å². The molecule has 0 radical (unpaired) electrons. The van der Waals surface area contributed by atoms with Gasteiger partial charge in [0.2, 0.25) is 0 Å². The fraction of sp³-hybridized carbons (Fsp3) is 0.412. The van der Waals surface area contributed by atoms with Gasteiger partial charge >= 0.3 is 12.0 Å². The van der Waals surface area contributed by atoms with Gasteiger partial charge in [-0.2, -0.15) is 0 Å². The zero-order chi connectivity index (χ0) is 18.6. The normalized spacial score (nSPS) is 17.3. The summed E-state index contributed by atoms with van der Waals surface area (Å²) in [6.07, 6.45) is 1.59. The van der Waals surface area contributed by atoms with Crippen molar-refractivity contribution in [1.29, 1.82) is 0 Å². The van der Waals surface area contributed by atoms with Gasteiger partial charge in [0.15, 0.2) is 0 Å². The number of rotatable bonds is 6. The van der Waals surface area contributed by atoms with E-state index in [1.54, 1.807) is 13.0 Å². The van der Waals surface area contributed by atoms with Crippen molar-refractivity contribution in [3.05, 3.63) is 51.2 Å². The maximum absolute atomic E-state index is 12.6. The molecular formula is C17H21N3O5. The smallest absolute Gasteiger partial charge is 0.338 e. The molecule has 1 aliphatic heterocycles. The van der Waals surface area contributed by atoms with Gasteiger partial charge in [0, 0.05) is 18.8 Å². The summed E-state index contributed by atoms with van der Waals surface area (Å²) in [4.78, 5) is 36.8. The predicted octanol–water partition coefficient (Wildman–Crippen LogP) is 2.91. The molecule has 1 aliphatic rings. The second-order valence-electron chi connectivity index (χ2n) is 5.75. The number of amides is 2. The maximum Gasteiger partial charge on any atom is 0.338 e. The van der Waals surface area contributed by atoms with Crippen LogP contribution in [0.25, 0.3) is 0 Å². The number of hydrogen-bond donors (Lipinski definition) is 1. The Bertz CT molecular complexity index is 729. The summed E-state index contributed by atoms with van der Waals surface area (Å²) >= 11 is 0. The van der Waals surface area contributed by atoms with Crippen LogP contribution >= 0.6 is 0 Å². The van der Waals surface area contributed by atoms with Crippen LogP contribution < -0.4 is 5.32 Å². The highest BCUT2D eigenvalue weighted by atomic mass is 16.6. The number of urea groups is 1. The third kappa shape index (κ3) is 3.78. The van der Waals surface area contributed by atoms with Crippen LogP contribution in [0.15, 0.2) is 35.5 Å². The molecule has 0 aromatic heterocycles. The molecule has 134 valence electrons. The molecule has 1 aromatic rings. The van der Waals surface area contributed by atoms with Crippen molar-refractivity contribution in [3.63, 3.8) is 0 Å². The first kappa shape index (κ1) is 18.4. The van der Waals surface area contributed by atoms with Gasteiger partial charge in [-0.3, -0.25) is 10.1 Å². The zero-order valence-electron chi connectivity index (χ0n) is 14.4. The molecule has 0 bridgehead atoms. The lowest BCUT2D eigenvalue weighted by Gasteiger charge is -2.33. The number of allylic oxidation sites excluding steroid dienone is 1. The highest BCUT2D eigenvalue weighted by Gasteiger charge is 2.37. The Balaban J connectivity index is 2.49. The molecule has 0 aliphatic carbocycles. The number of nitro groups is 1. The van der Waals surface area contributed by atoms with Gasteiger partial charge in [0.05, 0.1) is 28.7 Å². The summed E-state index contributed by atoms with van der Waals surface area (Å²) < 4.78 is 5.28. The fourth-order valence-corrected chi connectivity index (χ4v) is 2.62. The van der Waals surface area contributed by atoms with Crippen molar-refractivity contribution in [2.45, 2.75) is 32.7 Å². The molecule has 2 rings (SSSR count). The first-order chi connectivity index (χ1) is 11.9. The van der Waals surface area contributed by atoms with Crippen LogP contribution in [-0.4, -0.2) is 35.5 Å². The largest absolute Gasteiger partial charge is 0.462 e. The van der Waals surface area contributed by atoms with Gasteiger partial charge in [-0.15, -0.1) is 0 Å². The van der Waals surface area contributed by atoms with Crippen molar-refractivity contribution in [3.8, 4) is 0 Å². The average Bonchev–Trinajstić information content (AvgIpc) is 2.59. The quantitative estimate of drug-likeness (QED) is 0.369. The number of ether oxygens (including phenoxy) is 1. The SMILES string of the molecule is CCCCOC(=O)C1=C(C)N(C)C(=O)N[C@H]1c1ccccc1[N+](=O)[O-]. The van der Waals surface area contributed by atoms with Crippen LogP contribution in [0, 0.1) is 10.1 Å². The van der Waals surface area contributed by atoms with E-state index in [0.717, 1.165) is 12.8 Å². The summed E-state index contributed by atoms with van der Waals surface area (Å²) in [5.74, 6) is -0.582. The number of unbranched alkanes of at least 4 members (excludes halogenated alkanes) is 1. The third-order valence-electron chi connectivity index (χ3n) is 4.15. The van der Waals surface area contributed by atoms with Crippen LogP contribution in [0.3, 0.4) is 0 Å². The van der Waals surface area contributed by atoms with Crippen molar-refractivity contribution >= 4 is 17.7 Å². The number of para-hydroxylation sites is 1. The molecule has 1 aromatic carbocycles. The Morgan fingerprint density at radius 3 is 2.72 bits per heavy atom. The molecular weight excluding hydrogens is 326 g/mol. The number of nitrogens with one attached hydrogen (secondary N) is 1. The van der Waals surface area contributed by atoms with Gasteiger partial charge in [0.1, 0.15) is 0 Å². The highest BCUT2D eigenvalue weighted by Crippen LogP contribution is 2.35. The molecule has 0 saturated carbocycles. The van der Waals surface area contributed by atoms with E-state index < -0.39 is 23.0 Å². The molecule has 0 unspecified atom stereocenters. The molecule has 25 heavy (non-hydrogen) atoms. The first-order valence-electron chi connectivity index (χ1n) is 8.03. The Labute approximate surface area is 145 Å². The molecule has 1 heterocycles. The second-order valence-corrected chi connectivity index (χ2v) is 5.75. The highest BCUT2D eigenvalue weighted by molar-refractivity contribution is 5.95. The zero-order valence-corrected chi connectivity index (χ0v) is 14.4. The van der Waals surface area contributed by atoms with E-state index in [2.05, 4.69) is 5.32 Å². The van der Waals surface area contributed by atoms with E-state index >= 15 is 0 Å². The number of hydrogen-bond acceptors (Lipinski definition) is 5. The lowest BCUT2D eigenvalue weighted by atomic mass is 9.94. The number of carbonyl (C=O) groups excluding carboxylic acids is 2. The summed E-state index contributed by atoms with van der Waals surface area (Å²) in [6, 6.07) is 4.66. The average molecular weight is 347 g/mol. The van der Waals surface area contributed by atoms with Crippen molar-refractivity contribution in [2.24, 2.45) is 0 Å². The van der Waals surface area contributed by atoms with Gasteiger partial charge in [-0.1, -0.05) is 25.5 Å². The molecule has 0 saturated heterocycles. The van der Waals surface area contributed by atoms with Gasteiger partial charge < -0.3 is 15.0 Å². The Kier molecular flexibility index (Phi) is 5.74. The molecule has 2 amide bonds. The second kappa shape index (κ2) is 7.78. The molecule has 1 N–H and O–H groups in total. The maximum atomic E-state index is 12.6. The lowest BCUT2D eigenvalue weighted by molar-refractivity contribution is -0.385. The Hall–Kier alpha value is -2.90. The van der Waals surface area contributed by atoms with Crippen LogP contribution in [0.4, 0.5) is 10.5 Å². The topological polar surface area (TPSA) is 102 Å². The van der Waals surface area contributed by atoms with Gasteiger partial charge in [0.25, 0.3) is 5.69 Å². The predicted molar refractivity (Wildman–Crippen MR) is 90.7 cm³/mol. The van der Waals surface area contributed by atoms with Crippen LogP contribution in [0.2, 0.25) is 0 Å². The Morgan fingerprint density at radius 2 is 2.08 bits per heavy atom. The first-order valence-corrected chi connectivity index (χ1v) is 8.03. The lowest BCUT2D eigenvalue weighted by Crippen LogP contribution is -2.46. The minimum atomic E-state index is -0.931. The Morgan fingerprint density at radius 1 is 1.40 bits per heavy atom. The molecule has 0 fully saturated rings. The minimum absolute atomic E-state index is 0.163. The molecule has 8 heteroatoms. The van der Waals surface area contributed by atoms with Crippen molar-refractivity contribution in [1.82, 2.24) is 10.2 Å². The minimum Gasteiger partial charge on any atom is -0.462 e. The van der Waals surface area contributed by atoms with Crippen LogP contribution in [0.5, 0.6) is 0 Å². The standard InChI is InChI=1S/C17H21N3O5/c1-4-5-10-25-16(21)14-11(2)19(3)17(22)18-15(14)12-8-6-7-9-13(12)20(23)24/h6-9,15H,4-5,10H2,1-3H3,(H,18,22)/t15-/m0/s1. The van der Waals surface area contributed by atoms with Gasteiger partial charge in [-0.25, -0.2) is 9.59 Å². The van der Waals surface area contributed by atoms with Crippen LogP contribution in [-0.2, 0) is 9.53 Å². The summed E-state index contributed by atoms with van der Waals surface area (Å²) in [7, 11) is 1.53. The molecule has 1 atom stereocenters. The number of esters is 1. The van der Waals surface area contributed by atoms with Crippen molar-refractivity contribution < 1.29 is 19.2 Å².